The Morgan fingerprint density at radius 1 is 0.408 bits per heavy atom. The fourth-order valence-electron chi connectivity index (χ4n) is 3.61. The van der Waals surface area contributed by atoms with E-state index in [9.17, 15) is 16.8 Å². The maximum atomic E-state index is 10.6. The first-order chi connectivity index (χ1) is 23.2. The summed E-state index contributed by atoms with van der Waals surface area (Å²) in [4.78, 5) is 0. The van der Waals surface area contributed by atoms with Gasteiger partial charge in [0, 0.05) is 13.2 Å². The van der Waals surface area contributed by atoms with Crippen molar-refractivity contribution in [2.75, 3.05) is 130 Å². The molecule has 16 nitrogen and oxygen atoms in total. The molecule has 1 aromatic carbocycles. The standard InChI is InChI=1S/C30H54O16S2.K.H/c31-47(32,33)27-5-3-9-37-11-13-39-15-17-41-19-21-43-23-25-45-29-7-1-2-8-30(29)46-26-24-44-22-20-42-18-16-40-14-12-38-10-4-6-28-48(34,35)36;;/h1-2,7-8H,3-6,9-28H2,(H,31,32,33)(H,34,35,36);;/q;+1;-1. The molecule has 19 heteroatoms. The Bertz CT molecular complexity index is 1020. The number of hydrogen-bond acceptors (Lipinski definition) is 14. The molecule has 0 atom stereocenters. The van der Waals surface area contributed by atoms with Crippen LogP contribution in [0, 0.1) is 0 Å². The van der Waals surface area contributed by atoms with Gasteiger partial charge in [-0.1, -0.05) is 12.1 Å². The van der Waals surface area contributed by atoms with Crippen molar-refractivity contribution in [3.05, 3.63) is 24.3 Å². The van der Waals surface area contributed by atoms with Gasteiger partial charge in [0.05, 0.1) is 104 Å². The van der Waals surface area contributed by atoms with Gasteiger partial charge in [0.25, 0.3) is 20.2 Å². The van der Waals surface area contributed by atoms with Crippen molar-refractivity contribution in [3.8, 4) is 11.5 Å². The van der Waals surface area contributed by atoms with Crippen LogP contribution < -0.4 is 60.9 Å². The van der Waals surface area contributed by atoms with E-state index in [1.54, 1.807) is 0 Å². The summed E-state index contributed by atoms with van der Waals surface area (Å²) in [7, 11) is -7.81. The zero-order valence-electron chi connectivity index (χ0n) is 29.7. The average molecular weight is 775 g/mol. The minimum atomic E-state index is -3.90. The molecular formula is C30H55KO16S2. The molecule has 0 amide bonds. The molecule has 0 saturated heterocycles. The second kappa shape index (κ2) is 33.8. The monoisotopic (exact) mass is 774 g/mol. The van der Waals surface area contributed by atoms with E-state index in [2.05, 4.69) is 0 Å². The van der Waals surface area contributed by atoms with Crippen molar-refractivity contribution in [1.82, 2.24) is 0 Å². The molecule has 0 aliphatic rings. The molecule has 0 fully saturated rings. The molecule has 1 aromatic rings. The molecule has 0 bridgehead atoms. The molecule has 1 rings (SSSR count). The van der Waals surface area contributed by atoms with Gasteiger partial charge in [-0.3, -0.25) is 9.11 Å². The first-order valence-electron chi connectivity index (χ1n) is 16.0. The van der Waals surface area contributed by atoms with E-state index >= 15 is 0 Å². The van der Waals surface area contributed by atoms with Crippen LogP contribution in [0.3, 0.4) is 0 Å². The molecule has 0 heterocycles. The van der Waals surface area contributed by atoms with Crippen LogP contribution in [0.15, 0.2) is 24.3 Å². The summed E-state index contributed by atoms with van der Waals surface area (Å²) in [5.74, 6) is 0.719. The molecule has 0 aromatic heterocycles. The van der Waals surface area contributed by atoms with Crippen LogP contribution in [0.25, 0.3) is 0 Å². The van der Waals surface area contributed by atoms with Crippen molar-refractivity contribution >= 4 is 20.2 Å². The van der Waals surface area contributed by atoms with E-state index in [1.807, 2.05) is 24.3 Å². The normalized spacial score (nSPS) is 11.8. The van der Waals surface area contributed by atoms with Crippen LogP contribution in [0.4, 0.5) is 0 Å². The number of benzene rings is 1. The largest absolute Gasteiger partial charge is 1.00 e. The van der Waals surface area contributed by atoms with Gasteiger partial charge in [-0.05, 0) is 37.8 Å². The molecule has 0 spiro atoms. The first kappa shape index (κ1) is 49.0. The van der Waals surface area contributed by atoms with Crippen molar-refractivity contribution in [2.24, 2.45) is 0 Å². The molecular weight excluding hydrogens is 720 g/mol. The summed E-state index contributed by atoms with van der Waals surface area (Å²) in [5, 5.41) is 0. The van der Waals surface area contributed by atoms with Crippen LogP contribution in [0.1, 0.15) is 27.1 Å². The van der Waals surface area contributed by atoms with E-state index in [0.717, 1.165) is 0 Å². The van der Waals surface area contributed by atoms with Gasteiger partial charge in [-0.15, -0.1) is 0 Å². The Morgan fingerprint density at radius 3 is 0.918 bits per heavy atom. The summed E-state index contributed by atoms with van der Waals surface area (Å²) < 4.78 is 115. The quantitative estimate of drug-likeness (QED) is 0.0479. The molecule has 0 aliphatic heterocycles. The molecule has 284 valence electrons. The van der Waals surface area contributed by atoms with Crippen LogP contribution in [0.5, 0.6) is 11.5 Å². The van der Waals surface area contributed by atoms with Gasteiger partial charge in [0.1, 0.15) is 13.2 Å². The molecule has 0 aliphatic carbocycles. The van der Waals surface area contributed by atoms with E-state index in [1.165, 1.54) is 0 Å². The van der Waals surface area contributed by atoms with Crippen LogP contribution in [-0.2, 0) is 58.1 Å². The second-order valence-electron chi connectivity index (χ2n) is 10.0. The summed E-state index contributed by atoms with van der Waals surface area (Å²) in [6.07, 6.45) is 1.82. The van der Waals surface area contributed by atoms with Crippen molar-refractivity contribution in [3.63, 3.8) is 0 Å². The Morgan fingerprint density at radius 2 is 0.653 bits per heavy atom. The number of hydrogen-bond donors (Lipinski definition) is 2. The van der Waals surface area contributed by atoms with E-state index in [0.29, 0.717) is 156 Å². The molecule has 49 heavy (non-hydrogen) atoms. The Balaban J connectivity index is 0. The summed E-state index contributed by atoms with van der Waals surface area (Å²) >= 11 is 0. The van der Waals surface area contributed by atoms with Crippen LogP contribution in [-0.4, -0.2) is 156 Å². The van der Waals surface area contributed by atoms with Gasteiger partial charge in [-0.25, -0.2) is 0 Å². The van der Waals surface area contributed by atoms with Crippen molar-refractivity contribution in [2.45, 2.75) is 25.7 Å². The average Bonchev–Trinajstić information content (AvgIpc) is 3.03. The Hall–Kier alpha value is -0.0436. The summed E-state index contributed by atoms with van der Waals surface area (Å²) in [5.41, 5.74) is 0. The topological polar surface area (TPSA) is 201 Å². The number of unbranched alkanes of at least 4 members (excludes halogenated alkanes) is 2. The predicted octanol–water partition coefficient (Wildman–Crippen LogP) is -0.970. The maximum Gasteiger partial charge on any atom is 1.00 e. The maximum absolute atomic E-state index is 10.6. The van der Waals surface area contributed by atoms with Crippen LogP contribution in [0.2, 0.25) is 0 Å². The van der Waals surface area contributed by atoms with Gasteiger partial charge in [0.15, 0.2) is 11.5 Å². The van der Waals surface area contributed by atoms with Gasteiger partial charge in [-0.2, -0.15) is 16.8 Å². The molecule has 2 N–H and O–H groups in total. The minimum Gasteiger partial charge on any atom is -1.00 e. The van der Waals surface area contributed by atoms with Gasteiger partial charge < -0.3 is 48.8 Å². The predicted molar refractivity (Wildman–Crippen MR) is 176 cm³/mol. The van der Waals surface area contributed by atoms with E-state index in [-0.39, 0.29) is 64.3 Å². The van der Waals surface area contributed by atoms with Gasteiger partial charge in [0.2, 0.25) is 0 Å². The Kier molecular flexibility index (Phi) is 33.7. The van der Waals surface area contributed by atoms with E-state index < -0.39 is 20.2 Å². The molecule has 0 saturated carbocycles. The fraction of sp³-hybridized carbons (Fsp3) is 0.800. The van der Waals surface area contributed by atoms with Crippen molar-refractivity contribution in [1.29, 1.82) is 0 Å². The minimum absolute atomic E-state index is 0. The van der Waals surface area contributed by atoms with Crippen molar-refractivity contribution < 1.29 is 126 Å². The fourth-order valence-corrected chi connectivity index (χ4v) is 4.75. The smallest absolute Gasteiger partial charge is 1.00 e. The number of para-hydroxylation sites is 2. The SMILES string of the molecule is O=S(=O)(O)CCCCOCCOCCOCCOCCOc1ccccc1OCCOCCOCCOCCOCCCCS(=O)(=O)O.[H-].[K+]. The summed E-state index contributed by atoms with van der Waals surface area (Å²) in [6, 6.07) is 7.37. The van der Waals surface area contributed by atoms with Crippen LogP contribution >= 0.6 is 0 Å². The summed E-state index contributed by atoms with van der Waals surface area (Å²) in [6.45, 7) is 7.33. The van der Waals surface area contributed by atoms with E-state index in [4.69, 9.17) is 56.5 Å². The third-order valence-corrected chi connectivity index (χ3v) is 7.54. The second-order valence-corrected chi connectivity index (χ2v) is 13.2. The van der Waals surface area contributed by atoms with Gasteiger partial charge >= 0.3 is 51.4 Å². The zero-order valence-corrected chi connectivity index (χ0v) is 33.5. The third-order valence-electron chi connectivity index (χ3n) is 5.93. The number of rotatable bonds is 36. The Labute approximate surface area is 335 Å². The molecule has 0 unspecified atom stereocenters. The number of ether oxygens (including phenoxy) is 10. The third kappa shape index (κ3) is 36.1. The molecule has 0 radical (unpaired) electrons. The zero-order chi connectivity index (χ0) is 35.0. The first-order valence-corrected chi connectivity index (χ1v) is 19.3.